The summed E-state index contributed by atoms with van der Waals surface area (Å²) in [5.41, 5.74) is 0. The Hall–Kier alpha value is -1.13. The van der Waals surface area contributed by atoms with E-state index in [9.17, 15) is 5.11 Å². The van der Waals surface area contributed by atoms with Crippen LogP contribution in [0.3, 0.4) is 0 Å². The van der Waals surface area contributed by atoms with Gasteiger partial charge in [0.05, 0.1) is 0 Å². The molecule has 100 valence electrons. The highest BCUT2D eigenvalue weighted by atomic mass is 79.9. The molecule has 0 amide bonds. The van der Waals surface area contributed by atoms with Gasteiger partial charge in [-0.15, -0.1) is 0 Å². The van der Waals surface area contributed by atoms with E-state index in [0.717, 1.165) is 36.2 Å². The zero-order chi connectivity index (χ0) is 13.2. The quantitative estimate of drug-likeness (QED) is 0.923. The normalized spacial score (nSPS) is 19.9. The summed E-state index contributed by atoms with van der Waals surface area (Å²) in [6.45, 7) is 2.19. The van der Waals surface area contributed by atoms with Crippen molar-refractivity contribution in [1.82, 2.24) is 4.98 Å². The molecule has 0 spiro atoms. The SMILES string of the molecule is OCC1CCCN(c2ncc(Br)c3ccccc23)C1. The molecular weight excluding hydrogens is 304 g/mol. The molecule has 4 heteroatoms. The zero-order valence-corrected chi connectivity index (χ0v) is 12.3. The number of piperidine rings is 1. The first kappa shape index (κ1) is 12.9. The summed E-state index contributed by atoms with van der Waals surface area (Å²) >= 11 is 3.56. The summed E-state index contributed by atoms with van der Waals surface area (Å²) in [7, 11) is 0. The van der Waals surface area contributed by atoms with Crippen molar-refractivity contribution in [1.29, 1.82) is 0 Å². The molecule has 0 bridgehead atoms. The second-order valence-electron chi connectivity index (χ2n) is 5.11. The van der Waals surface area contributed by atoms with E-state index in [0.29, 0.717) is 5.92 Å². The number of pyridine rings is 1. The van der Waals surface area contributed by atoms with Crippen LogP contribution in [0.4, 0.5) is 5.82 Å². The van der Waals surface area contributed by atoms with E-state index in [1.54, 1.807) is 0 Å². The lowest BCUT2D eigenvalue weighted by Crippen LogP contribution is -2.37. The van der Waals surface area contributed by atoms with Crippen LogP contribution >= 0.6 is 15.9 Å². The second kappa shape index (κ2) is 5.47. The molecule has 1 fully saturated rings. The highest BCUT2D eigenvalue weighted by Gasteiger charge is 2.21. The minimum absolute atomic E-state index is 0.269. The van der Waals surface area contributed by atoms with Crippen LogP contribution in [0, 0.1) is 5.92 Å². The summed E-state index contributed by atoms with van der Waals surface area (Å²) in [6, 6.07) is 8.32. The molecule has 1 atom stereocenters. The second-order valence-corrected chi connectivity index (χ2v) is 5.97. The average Bonchev–Trinajstić information content (AvgIpc) is 2.48. The minimum atomic E-state index is 0.269. The highest BCUT2D eigenvalue weighted by Crippen LogP contribution is 2.32. The first-order valence-corrected chi connectivity index (χ1v) is 7.48. The molecule has 1 aromatic carbocycles. The highest BCUT2D eigenvalue weighted by molar-refractivity contribution is 9.10. The van der Waals surface area contributed by atoms with Crippen molar-refractivity contribution in [3.05, 3.63) is 34.9 Å². The van der Waals surface area contributed by atoms with Gasteiger partial charge in [0.25, 0.3) is 0 Å². The van der Waals surface area contributed by atoms with Crippen molar-refractivity contribution < 1.29 is 5.11 Å². The van der Waals surface area contributed by atoms with Crippen molar-refractivity contribution in [3.63, 3.8) is 0 Å². The number of rotatable bonds is 2. The average molecular weight is 321 g/mol. The van der Waals surface area contributed by atoms with Gasteiger partial charge in [-0.25, -0.2) is 4.98 Å². The number of anilines is 1. The van der Waals surface area contributed by atoms with E-state index < -0.39 is 0 Å². The predicted molar refractivity (Wildman–Crippen MR) is 81.5 cm³/mol. The molecule has 1 aliphatic rings. The number of halogens is 1. The molecule has 1 N–H and O–H groups in total. The summed E-state index contributed by atoms with van der Waals surface area (Å²) < 4.78 is 1.03. The Morgan fingerprint density at radius 3 is 2.89 bits per heavy atom. The molecule has 1 aliphatic heterocycles. The van der Waals surface area contributed by atoms with Gasteiger partial charge in [0.2, 0.25) is 0 Å². The Morgan fingerprint density at radius 2 is 2.11 bits per heavy atom. The van der Waals surface area contributed by atoms with Gasteiger partial charge < -0.3 is 10.0 Å². The Labute approximate surface area is 121 Å². The monoisotopic (exact) mass is 320 g/mol. The summed E-state index contributed by atoms with van der Waals surface area (Å²) in [5, 5.41) is 11.7. The molecule has 0 radical (unpaired) electrons. The van der Waals surface area contributed by atoms with Gasteiger partial charge >= 0.3 is 0 Å². The van der Waals surface area contributed by atoms with E-state index >= 15 is 0 Å². The van der Waals surface area contributed by atoms with Crippen LogP contribution in [0.25, 0.3) is 10.8 Å². The van der Waals surface area contributed by atoms with Crippen molar-refractivity contribution in [2.45, 2.75) is 12.8 Å². The molecule has 3 nitrogen and oxygen atoms in total. The first-order valence-electron chi connectivity index (χ1n) is 6.68. The smallest absolute Gasteiger partial charge is 0.136 e. The van der Waals surface area contributed by atoms with Gasteiger partial charge in [-0.3, -0.25) is 0 Å². The fourth-order valence-electron chi connectivity index (χ4n) is 2.80. The number of aliphatic hydroxyl groups is 1. The molecule has 2 aromatic rings. The number of aromatic nitrogens is 1. The van der Waals surface area contributed by atoms with Crippen LogP contribution < -0.4 is 4.90 Å². The van der Waals surface area contributed by atoms with Gasteiger partial charge in [-0.1, -0.05) is 24.3 Å². The maximum Gasteiger partial charge on any atom is 0.136 e. The lowest BCUT2D eigenvalue weighted by Gasteiger charge is -2.33. The van der Waals surface area contributed by atoms with E-state index in [4.69, 9.17) is 0 Å². The topological polar surface area (TPSA) is 36.4 Å². The molecular formula is C15H17BrN2O. The molecule has 2 heterocycles. The van der Waals surface area contributed by atoms with Gasteiger partial charge in [0.1, 0.15) is 5.82 Å². The Kier molecular flexibility index (Phi) is 3.71. The fourth-order valence-corrected chi connectivity index (χ4v) is 3.25. The lowest BCUT2D eigenvalue weighted by atomic mass is 9.98. The van der Waals surface area contributed by atoms with E-state index in [1.165, 1.54) is 10.8 Å². The van der Waals surface area contributed by atoms with Crippen molar-refractivity contribution in [2.24, 2.45) is 5.92 Å². The van der Waals surface area contributed by atoms with E-state index in [1.807, 2.05) is 18.3 Å². The molecule has 1 saturated heterocycles. The number of hydrogen-bond acceptors (Lipinski definition) is 3. The maximum absolute atomic E-state index is 9.36. The third-order valence-electron chi connectivity index (χ3n) is 3.80. The first-order chi connectivity index (χ1) is 9.29. The van der Waals surface area contributed by atoms with Crippen molar-refractivity contribution in [2.75, 3.05) is 24.6 Å². The number of benzene rings is 1. The molecule has 0 aliphatic carbocycles. The number of aliphatic hydroxyl groups excluding tert-OH is 1. The molecule has 1 unspecified atom stereocenters. The Balaban J connectivity index is 2.03. The van der Waals surface area contributed by atoms with Crippen LogP contribution in [-0.4, -0.2) is 29.8 Å². The standard InChI is InChI=1S/C15H17BrN2O/c16-14-8-17-15(13-6-2-1-5-12(13)14)18-7-3-4-11(9-18)10-19/h1-2,5-6,8,11,19H,3-4,7,9-10H2. The zero-order valence-electron chi connectivity index (χ0n) is 10.7. The number of nitrogens with zero attached hydrogens (tertiary/aromatic N) is 2. The molecule has 19 heavy (non-hydrogen) atoms. The van der Waals surface area contributed by atoms with Crippen LogP contribution in [0.2, 0.25) is 0 Å². The summed E-state index contributed by atoms with van der Waals surface area (Å²) in [6.07, 6.45) is 4.11. The maximum atomic E-state index is 9.36. The Morgan fingerprint density at radius 1 is 1.32 bits per heavy atom. The largest absolute Gasteiger partial charge is 0.396 e. The number of fused-ring (bicyclic) bond motifs is 1. The summed E-state index contributed by atoms with van der Waals surface area (Å²) in [4.78, 5) is 6.90. The lowest BCUT2D eigenvalue weighted by molar-refractivity contribution is 0.208. The summed E-state index contributed by atoms with van der Waals surface area (Å²) in [5.74, 6) is 1.41. The van der Waals surface area contributed by atoms with Gasteiger partial charge in [-0.05, 0) is 34.7 Å². The van der Waals surface area contributed by atoms with Crippen LogP contribution in [0.15, 0.2) is 34.9 Å². The Bertz CT molecular complexity index is 587. The number of hydrogen-bond donors (Lipinski definition) is 1. The predicted octanol–water partition coefficient (Wildman–Crippen LogP) is 3.21. The van der Waals surface area contributed by atoms with E-state index in [-0.39, 0.29) is 6.61 Å². The van der Waals surface area contributed by atoms with Crippen LogP contribution in [0.5, 0.6) is 0 Å². The van der Waals surface area contributed by atoms with Gasteiger partial charge in [-0.2, -0.15) is 0 Å². The van der Waals surface area contributed by atoms with Gasteiger partial charge in [0, 0.05) is 41.1 Å². The van der Waals surface area contributed by atoms with Gasteiger partial charge in [0.15, 0.2) is 0 Å². The molecule has 3 rings (SSSR count). The molecule has 1 aromatic heterocycles. The molecule has 0 saturated carbocycles. The minimum Gasteiger partial charge on any atom is -0.396 e. The third kappa shape index (κ3) is 2.47. The third-order valence-corrected chi connectivity index (χ3v) is 4.43. The van der Waals surface area contributed by atoms with Crippen LogP contribution in [-0.2, 0) is 0 Å². The van der Waals surface area contributed by atoms with E-state index in [2.05, 4.69) is 37.9 Å². The van der Waals surface area contributed by atoms with Crippen molar-refractivity contribution in [3.8, 4) is 0 Å². The van der Waals surface area contributed by atoms with Crippen molar-refractivity contribution >= 4 is 32.5 Å². The fraction of sp³-hybridized carbons (Fsp3) is 0.400. The van der Waals surface area contributed by atoms with Crippen LogP contribution in [0.1, 0.15) is 12.8 Å².